The Morgan fingerprint density at radius 3 is 2.65 bits per heavy atom. The molecule has 1 saturated heterocycles. The highest BCUT2D eigenvalue weighted by Crippen LogP contribution is 2.35. The van der Waals surface area contributed by atoms with Crippen LogP contribution in [0.4, 0.5) is 4.79 Å². The summed E-state index contributed by atoms with van der Waals surface area (Å²) in [5, 5.41) is 10.3. The Bertz CT molecular complexity index is 431. The minimum Gasteiger partial charge on any atom is -0.381 e. The third kappa shape index (κ3) is 3.96. The molecule has 1 fully saturated rings. The van der Waals surface area contributed by atoms with E-state index in [9.17, 15) is 4.79 Å². The minimum atomic E-state index is -0.213. The highest BCUT2D eigenvalue weighted by molar-refractivity contribution is 7.08. The topological polar surface area (TPSA) is 50.4 Å². The molecule has 0 bridgehead atoms. The van der Waals surface area contributed by atoms with Crippen molar-refractivity contribution in [1.29, 1.82) is 0 Å². The van der Waals surface area contributed by atoms with E-state index in [1.54, 1.807) is 11.3 Å². The first-order valence-corrected chi connectivity index (χ1v) is 8.02. The van der Waals surface area contributed by atoms with Crippen LogP contribution < -0.4 is 10.6 Å². The maximum Gasteiger partial charge on any atom is 0.315 e. The summed E-state index contributed by atoms with van der Waals surface area (Å²) in [6, 6.07) is 2.07. The van der Waals surface area contributed by atoms with E-state index in [0.717, 1.165) is 26.1 Å². The predicted octanol–water partition coefficient (Wildman–Crippen LogP) is 2.89. The highest BCUT2D eigenvalue weighted by Gasteiger charge is 2.35. The molecule has 2 rings (SSSR count). The maximum atomic E-state index is 12.0. The van der Waals surface area contributed by atoms with Gasteiger partial charge in [-0.3, -0.25) is 0 Å². The van der Waals surface area contributed by atoms with Gasteiger partial charge in [-0.1, -0.05) is 0 Å². The van der Waals surface area contributed by atoms with Crippen LogP contribution in [0.25, 0.3) is 0 Å². The number of carbonyl (C=O) groups excluding carboxylic acids is 1. The number of hydrogen-bond donors (Lipinski definition) is 2. The summed E-state index contributed by atoms with van der Waals surface area (Å²) in [4.78, 5) is 12.0. The van der Waals surface area contributed by atoms with Gasteiger partial charge in [0.25, 0.3) is 0 Å². The quantitative estimate of drug-likeness (QED) is 0.901. The number of urea groups is 1. The van der Waals surface area contributed by atoms with E-state index < -0.39 is 0 Å². The lowest BCUT2D eigenvalue weighted by atomic mass is 9.75. The molecule has 1 aromatic rings. The van der Waals surface area contributed by atoms with Crippen LogP contribution >= 0.6 is 11.3 Å². The van der Waals surface area contributed by atoms with E-state index in [4.69, 9.17) is 4.74 Å². The van der Waals surface area contributed by atoms with E-state index >= 15 is 0 Å². The van der Waals surface area contributed by atoms with Crippen LogP contribution in [0, 0.1) is 0 Å². The van der Waals surface area contributed by atoms with Crippen molar-refractivity contribution in [2.75, 3.05) is 19.8 Å². The number of thiophene rings is 1. The molecule has 0 atom stereocenters. The number of nitrogens with one attached hydrogen (secondary N) is 2. The first kappa shape index (κ1) is 15.3. The van der Waals surface area contributed by atoms with Gasteiger partial charge in [0.1, 0.15) is 0 Å². The lowest BCUT2D eigenvalue weighted by Gasteiger charge is -2.37. The average Bonchev–Trinajstić information content (AvgIpc) is 2.90. The van der Waals surface area contributed by atoms with Gasteiger partial charge < -0.3 is 15.4 Å². The molecular weight excluding hydrogens is 272 g/mol. The summed E-state index contributed by atoms with van der Waals surface area (Å²) in [7, 11) is 0. The van der Waals surface area contributed by atoms with Crippen LogP contribution in [-0.2, 0) is 10.2 Å². The summed E-state index contributed by atoms with van der Waals surface area (Å²) in [5.41, 5.74) is 1.13. The van der Waals surface area contributed by atoms with Gasteiger partial charge in [0.2, 0.25) is 0 Å². The zero-order valence-corrected chi connectivity index (χ0v) is 13.3. The number of ether oxygens (including phenoxy) is 1. The molecule has 0 unspecified atom stereocenters. The molecule has 2 amide bonds. The fourth-order valence-electron chi connectivity index (χ4n) is 2.53. The maximum absolute atomic E-state index is 12.0. The summed E-state index contributed by atoms with van der Waals surface area (Å²) in [6.45, 7) is 8.13. The van der Waals surface area contributed by atoms with Crippen molar-refractivity contribution in [3.05, 3.63) is 22.4 Å². The lowest BCUT2D eigenvalue weighted by Crippen LogP contribution is -2.51. The Kier molecular flexibility index (Phi) is 4.70. The molecule has 0 aromatic carbocycles. The van der Waals surface area contributed by atoms with Crippen LogP contribution in [0.3, 0.4) is 0 Å². The van der Waals surface area contributed by atoms with Gasteiger partial charge in [0.15, 0.2) is 0 Å². The van der Waals surface area contributed by atoms with Gasteiger partial charge in [-0.2, -0.15) is 11.3 Å². The van der Waals surface area contributed by atoms with Gasteiger partial charge >= 0.3 is 6.03 Å². The molecule has 0 radical (unpaired) electrons. The van der Waals surface area contributed by atoms with E-state index in [2.05, 4.69) is 27.5 Å². The van der Waals surface area contributed by atoms with E-state index in [0.29, 0.717) is 6.54 Å². The second-order valence-electron chi connectivity index (χ2n) is 6.46. The summed E-state index contributed by atoms with van der Waals surface area (Å²) in [6.07, 6.45) is 1.92. The smallest absolute Gasteiger partial charge is 0.315 e. The lowest BCUT2D eigenvalue weighted by molar-refractivity contribution is 0.0507. The number of amides is 2. The van der Waals surface area contributed by atoms with Gasteiger partial charge in [-0.15, -0.1) is 0 Å². The first-order valence-electron chi connectivity index (χ1n) is 7.08. The zero-order valence-electron chi connectivity index (χ0n) is 12.5. The third-order valence-corrected chi connectivity index (χ3v) is 4.34. The second kappa shape index (κ2) is 6.14. The van der Waals surface area contributed by atoms with Crippen LogP contribution in [0.1, 0.15) is 39.2 Å². The molecule has 2 N–H and O–H groups in total. The van der Waals surface area contributed by atoms with Crippen molar-refractivity contribution in [2.24, 2.45) is 0 Å². The Labute approximate surface area is 124 Å². The molecular formula is C15H24N2O2S. The van der Waals surface area contributed by atoms with Gasteiger partial charge in [-0.25, -0.2) is 4.79 Å². The number of rotatable bonds is 3. The standard InChI is InChI=1S/C15H24N2O2S/c1-14(2,3)17-13(18)16-11-15(5-7-19-8-6-15)12-4-9-20-10-12/h4,9-10H,5-8,11H2,1-3H3,(H2,16,17,18). The molecule has 1 aromatic heterocycles. The summed E-state index contributed by atoms with van der Waals surface area (Å²) >= 11 is 1.71. The molecule has 1 aliphatic rings. The fraction of sp³-hybridized carbons (Fsp3) is 0.667. The van der Waals surface area contributed by atoms with Crippen molar-refractivity contribution < 1.29 is 9.53 Å². The van der Waals surface area contributed by atoms with Crippen LogP contribution in [-0.4, -0.2) is 31.3 Å². The summed E-state index contributed by atoms with van der Waals surface area (Å²) < 4.78 is 5.49. The first-order chi connectivity index (χ1) is 9.41. The van der Waals surface area contributed by atoms with Crippen LogP contribution in [0.15, 0.2) is 16.8 Å². The van der Waals surface area contributed by atoms with E-state index in [-0.39, 0.29) is 17.0 Å². The Hall–Kier alpha value is -1.07. The van der Waals surface area contributed by atoms with Crippen molar-refractivity contribution in [2.45, 2.75) is 44.6 Å². The SMILES string of the molecule is CC(C)(C)NC(=O)NCC1(c2ccsc2)CCOCC1. The van der Waals surface area contributed by atoms with Crippen LogP contribution in [0.5, 0.6) is 0 Å². The normalized spacial score (nSPS) is 18.6. The van der Waals surface area contributed by atoms with Crippen molar-refractivity contribution >= 4 is 17.4 Å². The van der Waals surface area contributed by atoms with E-state index in [1.807, 2.05) is 20.8 Å². The molecule has 0 saturated carbocycles. The predicted molar refractivity (Wildman–Crippen MR) is 82.3 cm³/mol. The minimum absolute atomic E-state index is 0.0213. The molecule has 0 aliphatic carbocycles. The van der Waals surface area contributed by atoms with Crippen molar-refractivity contribution in [1.82, 2.24) is 10.6 Å². The third-order valence-electron chi connectivity index (χ3n) is 3.66. The molecule has 20 heavy (non-hydrogen) atoms. The second-order valence-corrected chi connectivity index (χ2v) is 7.24. The van der Waals surface area contributed by atoms with Crippen molar-refractivity contribution in [3.8, 4) is 0 Å². The van der Waals surface area contributed by atoms with Gasteiger partial charge in [0, 0.05) is 30.7 Å². The molecule has 112 valence electrons. The largest absolute Gasteiger partial charge is 0.381 e. The number of carbonyl (C=O) groups is 1. The molecule has 4 nitrogen and oxygen atoms in total. The zero-order chi connectivity index (χ0) is 14.6. The Morgan fingerprint density at radius 2 is 2.10 bits per heavy atom. The Morgan fingerprint density at radius 1 is 1.40 bits per heavy atom. The van der Waals surface area contributed by atoms with E-state index in [1.165, 1.54) is 5.56 Å². The van der Waals surface area contributed by atoms with Crippen LogP contribution in [0.2, 0.25) is 0 Å². The van der Waals surface area contributed by atoms with Crippen molar-refractivity contribution in [3.63, 3.8) is 0 Å². The average molecular weight is 296 g/mol. The number of hydrogen-bond acceptors (Lipinski definition) is 3. The summed E-state index contributed by atoms with van der Waals surface area (Å²) in [5.74, 6) is 0. The molecule has 2 heterocycles. The monoisotopic (exact) mass is 296 g/mol. The molecule has 0 spiro atoms. The van der Waals surface area contributed by atoms with Gasteiger partial charge in [0.05, 0.1) is 0 Å². The molecule has 1 aliphatic heterocycles. The van der Waals surface area contributed by atoms with Gasteiger partial charge in [-0.05, 0) is 56.0 Å². The fourth-order valence-corrected chi connectivity index (χ4v) is 3.31. The highest BCUT2D eigenvalue weighted by atomic mass is 32.1. The Balaban J connectivity index is 2.01. The molecule has 5 heteroatoms.